The smallest absolute Gasteiger partial charge is 0.264 e. The Hall–Kier alpha value is -2.64. The van der Waals surface area contributed by atoms with Crippen LogP contribution in [-0.4, -0.2) is 49.3 Å². The zero-order valence-corrected chi connectivity index (χ0v) is 17.4. The van der Waals surface area contributed by atoms with Crippen LogP contribution >= 0.6 is 12.2 Å². The molecule has 0 radical (unpaired) electrons. The Morgan fingerprint density at radius 2 is 1.41 bits per heavy atom. The Bertz CT molecular complexity index is 845. The Labute approximate surface area is 176 Å². The van der Waals surface area contributed by atoms with E-state index in [1.54, 1.807) is 19.1 Å². The molecule has 0 spiro atoms. The van der Waals surface area contributed by atoms with Gasteiger partial charge in [0.2, 0.25) is 0 Å². The molecule has 2 heterocycles. The van der Waals surface area contributed by atoms with Crippen LogP contribution in [0.4, 0.5) is 0 Å². The predicted octanol–water partition coefficient (Wildman–Crippen LogP) is 2.42. The maximum absolute atomic E-state index is 13.9. The summed E-state index contributed by atoms with van der Waals surface area (Å²) in [5.41, 5.74) is 0.583. The van der Waals surface area contributed by atoms with Crippen LogP contribution in [0.2, 0.25) is 0 Å². The molecule has 0 saturated carbocycles. The third-order valence-corrected chi connectivity index (χ3v) is 6.07. The van der Waals surface area contributed by atoms with Gasteiger partial charge in [0.15, 0.2) is 10.7 Å². The number of rotatable bonds is 5. The van der Waals surface area contributed by atoms with Crippen LogP contribution in [0.25, 0.3) is 0 Å². The molecule has 2 aromatic rings. The summed E-state index contributed by atoms with van der Waals surface area (Å²) >= 11 is 5.67. The van der Waals surface area contributed by atoms with Gasteiger partial charge in [-0.25, -0.2) is 0 Å². The topological polar surface area (TPSA) is 62.8 Å². The second-order valence-electron chi connectivity index (χ2n) is 7.29. The SMILES string of the molecule is COc1ccc(C2(c3ccc(OC)cc3)NC(=S)N(C3CCNCC3)C2=O)cc1. The lowest BCUT2D eigenvalue weighted by atomic mass is 9.82. The summed E-state index contributed by atoms with van der Waals surface area (Å²) in [4.78, 5) is 15.7. The third kappa shape index (κ3) is 3.34. The highest BCUT2D eigenvalue weighted by Gasteiger charge is 2.53. The van der Waals surface area contributed by atoms with Gasteiger partial charge in [-0.3, -0.25) is 9.69 Å². The summed E-state index contributed by atoms with van der Waals surface area (Å²) in [6.45, 7) is 1.77. The van der Waals surface area contributed by atoms with E-state index in [0.29, 0.717) is 5.11 Å². The molecule has 29 heavy (non-hydrogen) atoms. The summed E-state index contributed by atoms with van der Waals surface area (Å²) in [6, 6.07) is 15.2. The van der Waals surface area contributed by atoms with Gasteiger partial charge >= 0.3 is 0 Å². The fourth-order valence-electron chi connectivity index (χ4n) is 4.18. The van der Waals surface area contributed by atoms with Crippen LogP contribution in [0.3, 0.4) is 0 Å². The molecule has 1 amide bonds. The highest BCUT2D eigenvalue weighted by molar-refractivity contribution is 7.80. The van der Waals surface area contributed by atoms with Crippen molar-refractivity contribution in [3.05, 3.63) is 59.7 Å². The van der Waals surface area contributed by atoms with E-state index in [9.17, 15) is 4.79 Å². The number of nitrogens with one attached hydrogen (secondary N) is 2. The van der Waals surface area contributed by atoms with E-state index in [-0.39, 0.29) is 11.9 Å². The predicted molar refractivity (Wildman–Crippen MR) is 115 cm³/mol. The summed E-state index contributed by atoms with van der Waals surface area (Å²) < 4.78 is 10.6. The maximum atomic E-state index is 13.9. The van der Waals surface area contributed by atoms with Crippen molar-refractivity contribution in [3.63, 3.8) is 0 Å². The Morgan fingerprint density at radius 3 is 1.86 bits per heavy atom. The van der Waals surface area contributed by atoms with Gasteiger partial charge in [0.25, 0.3) is 5.91 Å². The van der Waals surface area contributed by atoms with Crippen LogP contribution in [0.1, 0.15) is 24.0 Å². The number of carbonyl (C=O) groups is 1. The molecule has 0 aliphatic carbocycles. The largest absolute Gasteiger partial charge is 0.497 e. The van der Waals surface area contributed by atoms with E-state index < -0.39 is 5.54 Å². The number of thiocarbonyl (C=S) groups is 1. The molecule has 7 heteroatoms. The number of ether oxygens (including phenoxy) is 2. The molecule has 6 nitrogen and oxygen atoms in total. The van der Waals surface area contributed by atoms with Crippen molar-refractivity contribution >= 4 is 23.2 Å². The first kappa shape index (κ1) is 19.7. The van der Waals surface area contributed by atoms with Crippen molar-refractivity contribution in [3.8, 4) is 11.5 Å². The Kier molecular flexibility index (Phi) is 5.43. The number of benzene rings is 2. The normalized spacial score (nSPS) is 19.2. The van der Waals surface area contributed by atoms with E-state index in [1.165, 1.54) is 0 Å². The lowest BCUT2D eigenvalue weighted by Gasteiger charge is -2.32. The van der Waals surface area contributed by atoms with Crippen LogP contribution in [0.5, 0.6) is 11.5 Å². The van der Waals surface area contributed by atoms with Gasteiger partial charge < -0.3 is 20.1 Å². The minimum absolute atomic E-state index is 0.0373. The molecular formula is C22H25N3O3S. The van der Waals surface area contributed by atoms with Crippen molar-refractivity contribution in [2.24, 2.45) is 0 Å². The minimum atomic E-state index is -1.07. The minimum Gasteiger partial charge on any atom is -0.497 e. The van der Waals surface area contributed by atoms with Crippen LogP contribution < -0.4 is 20.1 Å². The lowest BCUT2D eigenvalue weighted by molar-refractivity contribution is -0.131. The summed E-state index contributed by atoms with van der Waals surface area (Å²) in [5, 5.41) is 7.21. The van der Waals surface area contributed by atoms with E-state index in [4.69, 9.17) is 21.7 Å². The van der Waals surface area contributed by atoms with Gasteiger partial charge in [-0.15, -0.1) is 0 Å². The molecule has 0 aromatic heterocycles. The van der Waals surface area contributed by atoms with E-state index in [2.05, 4.69) is 10.6 Å². The van der Waals surface area contributed by atoms with E-state index in [0.717, 1.165) is 48.6 Å². The lowest BCUT2D eigenvalue weighted by Crippen LogP contribution is -2.48. The van der Waals surface area contributed by atoms with E-state index >= 15 is 0 Å². The molecule has 2 aromatic carbocycles. The van der Waals surface area contributed by atoms with E-state index in [1.807, 2.05) is 48.5 Å². The fourth-order valence-corrected chi connectivity index (χ4v) is 4.57. The van der Waals surface area contributed by atoms with Crippen LogP contribution in [0.15, 0.2) is 48.5 Å². The molecule has 2 N–H and O–H groups in total. The van der Waals surface area contributed by atoms with Gasteiger partial charge in [0.05, 0.1) is 14.2 Å². The Morgan fingerprint density at radius 1 is 0.931 bits per heavy atom. The zero-order valence-electron chi connectivity index (χ0n) is 16.6. The first-order valence-electron chi connectivity index (χ1n) is 9.75. The number of nitrogens with zero attached hydrogens (tertiary/aromatic N) is 1. The number of piperidine rings is 1. The second kappa shape index (κ2) is 8.00. The first-order chi connectivity index (χ1) is 14.1. The molecule has 152 valence electrons. The van der Waals surface area contributed by atoms with Crippen molar-refractivity contribution in [1.82, 2.24) is 15.5 Å². The van der Waals surface area contributed by atoms with Gasteiger partial charge in [-0.2, -0.15) is 0 Å². The number of methoxy groups -OCH3 is 2. The van der Waals surface area contributed by atoms with Crippen molar-refractivity contribution in [1.29, 1.82) is 0 Å². The van der Waals surface area contributed by atoms with Crippen molar-refractivity contribution in [2.45, 2.75) is 24.4 Å². The van der Waals surface area contributed by atoms with Gasteiger partial charge in [-0.05, 0) is 73.5 Å². The fraction of sp³-hybridized carbons (Fsp3) is 0.364. The number of amides is 1. The Balaban J connectivity index is 1.81. The highest BCUT2D eigenvalue weighted by Crippen LogP contribution is 2.39. The van der Waals surface area contributed by atoms with Crippen LogP contribution in [-0.2, 0) is 10.3 Å². The average Bonchev–Trinajstić information content (AvgIpc) is 3.05. The molecule has 0 bridgehead atoms. The number of hydrogen-bond donors (Lipinski definition) is 2. The molecule has 2 aliphatic rings. The molecule has 4 rings (SSSR count). The monoisotopic (exact) mass is 411 g/mol. The number of hydrogen-bond acceptors (Lipinski definition) is 5. The third-order valence-electron chi connectivity index (χ3n) is 5.77. The van der Waals surface area contributed by atoms with Gasteiger partial charge in [0.1, 0.15) is 11.5 Å². The number of carbonyl (C=O) groups excluding carboxylic acids is 1. The van der Waals surface area contributed by atoms with Gasteiger partial charge in [0, 0.05) is 6.04 Å². The quantitative estimate of drug-likeness (QED) is 0.737. The molecule has 0 atom stereocenters. The van der Waals surface area contributed by atoms with Crippen molar-refractivity contribution < 1.29 is 14.3 Å². The molecule has 2 aliphatic heterocycles. The summed E-state index contributed by atoms with van der Waals surface area (Å²) in [5.74, 6) is 1.44. The zero-order chi connectivity index (χ0) is 20.4. The molecule has 0 unspecified atom stereocenters. The van der Waals surface area contributed by atoms with Crippen LogP contribution in [0, 0.1) is 0 Å². The molecule has 2 saturated heterocycles. The highest BCUT2D eigenvalue weighted by atomic mass is 32.1. The maximum Gasteiger partial charge on any atom is 0.264 e. The standard InChI is InChI=1S/C22H25N3O3S/c1-27-18-7-3-15(4-8-18)22(16-5-9-19(28-2)10-6-16)20(26)25(21(29)24-22)17-11-13-23-14-12-17/h3-10,17,23H,11-14H2,1-2H3,(H,24,29). The second-order valence-corrected chi connectivity index (χ2v) is 7.68. The first-order valence-corrected chi connectivity index (χ1v) is 10.2. The average molecular weight is 412 g/mol. The molecule has 2 fully saturated rings. The van der Waals surface area contributed by atoms with Gasteiger partial charge in [-0.1, -0.05) is 24.3 Å². The van der Waals surface area contributed by atoms with Crippen molar-refractivity contribution in [2.75, 3.05) is 27.3 Å². The molecular weight excluding hydrogens is 386 g/mol. The summed E-state index contributed by atoms with van der Waals surface area (Å²) in [6.07, 6.45) is 1.77. The summed E-state index contributed by atoms with van der Waals surface area (Å²) in [7, 11) is 3.25.